The van der Waals surface area contributed by atoms with Crippen molar-refractivity contribution in [1.82, 2.24) is 5.32 Å². The van der Waals surface area contributed by atoms with E-state index in [4.69, 9.17) is 16.3 Å². The number of hydrogen-bond donors (Lipinski definition) is 3. The van der Waals surface area contributed by atoms with Crippen LogP contribution in [-0.2, 0) is 14.3 Å². The molecule has 0 aromatic heterocycles. The van der Waals surface area contributed by atoms with Crippen LogP contribution in [0, 0.1) is 5.92 Å². The lowest BCUT2D eigenvalue weighted by molar-refractivity contribution is -0.156. The van der Waals surface area contributed by atoms with E-state index >= 15 is 0 Å². The molecule has 2 atom stereocenters. The predicted octanol–water partition coefficient (Wildman–Crippen LogP) is 4.06. The van der Waals surface area contributed by atoms with Crippen molar-refractivity contribution >= 4 is 40.9 Å². The highest BCUT2D eigenvalue weighted by atomic mass is 35.5. The van der Waals surface area contributed by atoms with Gasteiger partial charge in [-0.3, -0.25) is 4.79 Å². The molecule has 0 unspecified atom stereocenters. The van der Waals surface area contributed by atoms with Gasteiger partial charge in [-0.25, -0.2) is 9.59 Å². The highest BCUT2D eigenvalue weighted by Crippen LogP contribution is 2.14. The molecule has 0 aliphatic carbocycles. The van der Waals surface area contributed by atoms with Crippen LogP contribution in [0.3, 0.4) is 0 Å². The molecule has 3 amide bonds. The van der Waals surface area contributed by atoms with Crippen molar-refractivity contribution in [1.29, 1.82) is 0 Å². The number of benzene rings is 2. The zero-order valence-electron chi connectivity index (χ0n) is 16.4. The van der Waals surface area contributed by atoms with Gasteiger partial charge in [0.05, 0.1) is 0 Å². The van der Waals surface area contributed by atoms with Crippen molar-refractivity contribution in [2.45, 2.75) is 32.9 Å². The summed E-state index contributed by atoms with van der Waals surface area (Å²) in [6, 6.07) is 14.0. The first-order valence-electron chi connectivity index (χ1n) is 9.15. The molecule has 8 heteroatoms. The number of carbonyl (C=O) groups excluding carboxylic acids is 3. The van der Waals surface area contributed by atoms with Gasteiger partial charge in [-0.2, -0.15) is 0 Å². The first kappa shape index (κ1) is 22.2. The second-order valence-corrected chi connectivity index (χ2v) is 7.20. The molecule has 29 heavy (non-hydrogen) atoms. The Bertz CT molecular complexity index is 841. The highest BCUT2D eigenvalue weighted by molar-refractivity contribution is 6.30. The number of ether oxygens (including phenoxy) is 1. The Labute approximate surface area is 174 Å². The summed E-state index contributed by atoms with van der Waals surface area (Å²) < 4.78 is 5.26. The number of halogens is 1. The SMILES string of the molecule is CC(C)[C@@H](NC(=O)Nc1ccccc1)C(=O)O[C@H](C)C(=O)Nc1ccc(Cl)cc1. The van der Waals surface area contributed by atoms with E-state index in [0.717, 1.165) is 0 Å². The maximum atomic E-state index is 12.5. The van der Waals surface area contributed by atoms with E-state index in [-0.39, 0.29) is 5.92 Å². The first-order valence-corrected chi connectivity index (χ1v) is 9.53. The minimum Gasteiger partial charge on any atom is -0.451 e. The monoisotopic (exact) mass is 417 g/mol. The van der Waals surface area contributed by atoms with Crippen molar-refractivity contribution in [3.05, 3.63) is 59.6 Å². The van der Waals surface area contributed by atoms with Crippen molar-refractivity contribution in [2.24, 2.45) is 5.92 Å². The van der Waals surface area contributed by atoms with Gasteiger partial charge in [0, 0.05) is 16.4 Å². The largest absolute Gasteiger partial charge is 0.451 e. The molecule has 0 saturated carbocycles. The molecular weight excluding hydrogens is 394 g/mol. The summed E-state index contributed by atoms with van der Waals surface area (Å²) in [6.45, 7) is 5.00. The molecule has 2 rings (SSSR count). The van der Waals surface area contributed by atoms with Gasteiger partial charge in [0.15, 0.2) is 6.10 Å². The Balaban J connectivity index is 1.92. The second kappa shape index (κ2) is 10.5. The van der Waals surface area contributed by atoms with Crippen LogP contribution in [0.5, 0.6) is 0 Å². The summed E-state index contributed by atoms with van der Waals surface area (Å²) >= 11 is 5.81. The fraction of sp³-hybridized carbons (Fsp3) is 0.286. The zero-order valence-corrected chi connectivity index (χ0v) is 17.2. The van der Waals surface area contributed by atoms with Gasteiger partial charge in [0.25, 0.3) is 5.91 Å². The Kier molecular flexibility index (Phi) is 8.03. The minimum absolute atomic E-state index is 0.240. The summed E-state index contributed by atoms with van der Waals surface area (Å²) in [5.74, 6) is -1.42. The van der Waals surface area contributed by atoms with Crippen molar-refractivity contribution in [3.8, 4) is 0 Å². The number of anilines is 2. The standard InChI is InChI=1S/C21H24ClN3O4/c1-13(2)18(25-21(28)24-16-7-5-4-6-8-16)20(27)29-14(3)19(26)23-17-11-9-15(22)10-12-17/h4-14,18H,1-3H3,(H,23,26)(H2,24,25,28)/t14-,18-/m1/s1. The molecule has 2 aromatic rings. The number of amides is 3. The third kappa shape index (κ3) is 7.12. The quantitative estimate of drug-likeness (QED) is 0.592. The number of nitrogens with one attached hydrogen (secondary N) is 3. The van der Waals surface area contributed by atoms with Crippen molar-refractivity contribution < 1.29 is 19.1 Å². The third-order valence-corrected chi connectivity index (χ3v) is 4.26. The normalized spacial score (nSPS) is 12.6. The molecule has 2 aromatic carbocycles. The Morgan fingerprint density at radius 1 is 0.862 bits per heavy atom. The minimum atomic E-state index is -1.04. The average molecular weight is 418 g/mol. The van der Waals surface area contributed by atoms with E-state index in [0.29, 0.717) is 16.4 Å². The predicted molar refractivity (Wildman–Crippen MR) is 113 cm³/mol. The second-order valence-electron chi connectivity index (χ2n) is 6.76. The summed E-state index contributed by atoms with van der Waals surface area (Å²) in [5, 5.41) is 8.43. The van der Waals surface area contributed by atoms with E-state index in [1.807, 2.05) is 6.07 Å². The van der Waals surface area contributed by atoms with Gasteiger partial charge in [-0.05, 0) is 49.2 Å². The van der Waals surface area contributed by atoms with Crippen LogP contribution in [-0.4, -0.2) is 30.1 Å². The molecule has 3 N–H and O–H groups in total. The van der Waals surface area contributed by atoms with Gasteiger partial charge >= 0.3 is 12.0 Å². The number of urea groups is 1. The fourth-order valence-corrected chi connectivity index (χ4v) is 2.53. The molecule has 0 saturated heterocycles. The van der Waals surface area contributed by atoms with Crippen LogP contribution in [0.1, 0.15) is 20.8 Å². The molecule has 0 heterocycles. The summed E-state index contributed by atoms with van der Waals surface area (Å²) in [4.78, 5) is 37.0. The summed E-state index contributed by atoms with van der Waals surface area (Å²) in [7, 11) is 0. The topological polar surface area (TPSA) is 96.5 Å². The summed E-state index contributed by atoms with van der Waals surface area (Å²) in [5.41, 5.74) is 1.12. The van der Waals surface area contributed by atoms with E-state index in [1.54, 1.807) is 62.4 Å². The van der Waals surface area contributed by atoms with Crippen molar-refractivity contribution in [2.75, 3.05) is 10.6 Å². The molecular formula is C21H24ClN3O4. The molecule has 0 radical (unpaired) electrons. The van der Waals surface area contributed by atoms with Gasteiger partial charge in [0.1, 0.15) is 6.04 Å². The molecule has 0 spiro atoms. The lowest BCUT2D eigenvalue weighted by Crippen LogP contribution is -2.48. The average Bonchev–Trinajstić information content (AvgIpc) is 2.68. The molecule has 0 aliphatic heterocycles. The van der Waals surface area contributed by atoms with Crippen LogP contribution < -0.4 is 16.0 Å². The molecule has 0 bridgehead atoms. The van der Waals surface area contributed by atoms with Gasteiger partial charge in [-0.15, -0.1) is 0 Å². The van der Waals surface area contributed by atoms with E-state index in [2.05, 4.69) is 16.0 Å². The number of carbonyl (C=O) groups is 3. The zero-order chi connectivity index (χ0) is 21.4. The van der Waals surface area contributed by atoms with Crippen LogP contribution >= 0.6 is 11.6 Å². The third-order valence-electron chi connectivity index (χ3n) is 4.01. The van der Waals surface area contributed by atoms with Crippen LogP contribution in [0.2, 0.25) is 5.02 Å². The molecule has 7 nitrogen and oxygen atoms in total. The molecule has 0 fully saturated rings. The van der Waals surface area contributed by atoms with Crippen LogP contribution in [0.15, 0.2) is 54.6 Å². The Hall–Kier alpha value is -3.06. The lowest BCUT2D eigenvalue weighted by Gasteiger charge is -2.23. The van der Waals surface area contributed by atoms with E-state index < -0.39 is 30.1 Å². The lowest BCUT2D eigenvalue weighted by atomic mass is 10.0. The van der Waals surface area contributed by atoms with Crippen molar-refractivity contribution in [3.63, 3.8) is 0 Å². The van der Waals surface area contributed by atoms with Gasteiger partial charge in [0.2, 0.25) is 0 Å². The summed E-state index contributed by atoms with van der Waals surface area (Å²) in [6.07, 6.45) is -1.04. The first-order chi connectivity index (χ1) is 13.8. The van der Waals surface area contributed by atoms with Crippen LogP contribution in [0.25, 0.3) is 0 Å². The fourth-order valence-electron chi connectivity index (χ4n) is 2.41. The maximum absolute atomic E-state index is 12.5. The Morgan fingerprint density at radius 2 is 1.45 bits per heavy atom. The molecule has 0 aliphatic rings. The highest BCUT2D eigenvalue weighted by Gasteiger charge is 2.29. The Morgan fingerprint density at radius 3 is 2.03 bits per heavy atom. The smallest absolute Gasteiger partial charge is 0.329 e. The van der Waals surface area contributed by atoms with Gasteiger partial charge in [-0.1, -0.05) is 43.6 Å². The van der Waals surface area contributed by atoms with E-state index in [9.17, 15) is 14.4 Å². The number of rotatable bonds is 7. The van der Waals surface area contributed by atoms with E-state index in [1.165, 1.54) is 6.92 Å². The number of para-hydroxylation sites is 1. The maximum Gasteiger partial charge on any atom is 0.329 e. The van der Waals surface area contributed by atoms with Gasteiger partial charge < -0.3 is 20.7 Å². The number of hydrogen-bond acceptors (Lipinski definition) is 4. The van der Waals surface area contributed by atoms with Crippen LogP contribution in [0.4, 0.5) is 16.2 Å². The molecule has 154 valence electrons. The number of esters is 1.